The van der Waals surface area contributed by atoms with E-state index in [0.29, 0.717) is 0 Å². The molecule has 1 aromatic heterocycles. The number of aryl methyl sites for hydroxylation is 1. The van der Waals surface area contributed by atoms with Crippen LogP contribution in [0.1, 0.15) is 59.6 Å². The Hall–Kier alpha value is -0.870. The predicted octanol–water partition coefficient (Wildman–Crippen LogP) is 3.39. The lowest BCUT2D eigenvalue weighted by Gasteiger charge is -2.36. The standard InChI is InChI=1S/C16H31N3O/c1-7-10-19-12-13(11-18-19)14(17-8-2)15(20-9-3)16(4,5)6/h11-12,14-15,17H,7-10H2,1-6H3. The number of nitrogens with zero attached hydrogens (tertiary/aromatic N) is 2. The molecule has 0 aliphatic heterocycles. The highest BCUT2D eigenvalue weighted by molar-refractivity contribution is 5.14. The predicted molar refractivity (Wildman–Crippen MR) is 83.8 cm³/mol. The highest BCUT2D eigenvalue weighted by atomic mass is 16.5. The smallest absolute Gasteiger partial charge is 0.0818 e. The molecule has 0 fully saturated rings. The minimum atomic E-state index is 0.0791. The van der Waals surface area contributed by atoms with Crippen LogP contribution in [0, 0.1) is 5.41 Å². The van der Waals surface area contributed by atoms with Gasteiger partial charge >= 0.3 is 0 Å². The molecule has 0 aromatic carbocycles. The number of ether oxygens (including phenoxy) is 1. The van der Waals surface area contributed by atoms with Crippen molar-refractivity contribution < 1.29 is 4.74 Å². The Kier molecular flexibility index (Phi) is 6.69. The highest BCUT2D eigenvalue weighted by Gasteiger charge is 2.34. The van der Waals surface area contributed by atoms with Crippen LogP contribution in [0.5, 0.6) is 0 Å². The van der Waals surface area contributed by atoms with Gasteiger partial charge in [-0.3, -0.25) is 4.68 Å². The van der Waals surface area contributed by atoms with Gasteiger partial charge in [0.15, 0.2) is 0 Å². The molecule has 0 aliphatic rings. The molecule has 4 nitrogen and oxygen atoms in total. The molecule has 116 valence electrons. The fourth-order valence-corrected chi connectivity index (χ4v) is 2.54. The summed E-state index contributed by atoms with van der Waals surface area (Å²) in [6.45, 7) is 15.7. The Morgan fingerprint density at radius 1 is 1.30 bits per heavy atom. The van der Waals surface area contributed by atoms with Gasteiger partial charge in [0.1, 0.15) is 0 Å². The van der Waals surface area contributed by atoms with Crippen LogP contribution in [-0.2, 0) is 11.3 Å². The Labute approximate surface area is 123 Å². The fraction of sp³-hybridized carbons (Fsp3) is 0.812. The molecule has 1 heterocycles. The maximum atomic E-state index is 6.05. The molecular weight excluding hydrogens is 250 g/mol. The second-order valence-electron chi connectivity index (χ2n) is 6.31. The van der Waals surface area contributed by atoms with Gasteiger partial charge < -0.3 is 10.1 Å². The zero-order chi connectivity index (χ0) is 15.2. The monoisotopic (exact) mass is 281 g/mol. The van der Waals surface area contributed by atoms with Gasteiger partial charge in [-0.15, -0.1) is 0 Å². The third-order valence-electron chi connectivity index (χ3n) is 3.39. The molecule has 2 unspecified atom stereocenters. The van der Waals surface area contributed by atoms with Crippen LogP contribution in [-0.4, -0.2) is 29.0 Å². The van der Waals surface area contributed by atoms with E-state index in [1.165, 1.54) is 5.56 Å². The number of hydrogen-bond donors (Lipinski definition) is 1. The minimum absolute atomic E-state index is 0.0791. The summed E-state index contributed by atoms with van der Waals surface area (Å²) in [6.07, 6.45) is 5.35. The summed E-state index contributed by atoms with van der Waals surface area (Å²) >= 11 is 0. The van der Waals surface area contributed by atoms with E-state index in [9.17, 15) is 0 Å². The van der Waals surface area contributed by atoms with Crippen LogP contribution >= 0.6 is 0 Å². The summed E-state index contributed by atoms with van der Waals surface area (Å²) in [5.41, 5.74) is 1.30. The van der Waals surface area contributed by atoms with Crippen LogP contribution in [0.3, 0.4) is 0 Å². The molecular formula is C16H31N3O. The van der Waals surface area contributed by atoms with E-state index in [1.807, 2.05) is 10.9 Å². The zero-order valence-corrected chi connectivity index (χ0v) is 13.9. The van der Waals surface area contributed by atoms with E-state index in [0.717, 1.165) is 26.1 Å². The Balaban J connectivity index is 2.99. The van der Waals surface area contributed by atoms with E-state index < -0.39 is 0 Å². The van der Waals surface area contributed by atoms with Gasteiger partial charge in [0.2, 0.25) is 0 Å². The zero-order valence-electron chi connectivity index (χ0n) is 13.9. The average molecular weight is 281 g/mol. The van der Waals surface area contributed by atoms with Crippen LogP contribution in [0.25, 0.3) is 0 Å². The average Bonchev–Trinajstić information content (AvgIpc) is 2.81. The van der Waals surface area contributed by atoms with Gasteiger partial charge in [0, 0.05) is 24.9 Å². The first-order valence-corrected chi connectivity index (χ1v) is 7.81. The number of nitrogens with one attached hydrogen (secondary N) is 1. The highest BCUT2D eigenvalue weighted by Crippen LogP contribution is 2.32. The third kappa shape index (κ3) is 4.60. The van der Waals surface area contributed by atoms with Gasteiger partial charge in [-0.1, -0.05) is 34.6 Å². The van der Waals surface area contributed by atoms with E-state index in [-0.39, 0.29) is 17.6 Å². The van der Waals surface area contributed by atoms with Crippen molar-refractivity contribution in [3.8, 4) is 0 Å². The second-order valence-corrected chi connectivity index (χ2v) is 6.31. The minimum Gasteiger partial charge on any atom is -0.376 e. The van der Waals surface area contributed by atoms with Crippen molar-refractivity contribution in [1.29, 1.82) is 0 Å². The molecule has 1 N–H and O–H groups in total. The van der Waals surface area contributed by atoms with Crippen LogP contribution in [0.4, 0.5) is 0 Å². The number of aromatic nitrogens is 2. The van der Waals surface area contributed by atoms with Crippen molar-refractivity contribution >= 4 is 0 Å². The lowest BCUT2D eigenvalue weighted by Crippen LogP contribution is -2.42. The molecule has 0 amide bonds. The van der Waals surface area contributed by atoms with E-state index in [2.05, 4.69) is 58.2 Å². The topological polar surface area (TPSA) is 39.1 Å². The summed E-state index contributed by atoms with van der Waals surface area (Å²) < 4.78 is 8.06. The fourth-order valence-electron chi connectivity index (χ4n) is 2.54. The normalized spacial score (nSPS) is 15.3. The molecule has 0 bridgehead atoms. The van der Waals surface area contributed by atoms with Crippen LogP contribution in [0.2, 0.25) is 0 Å². The van der Waals surface area contributed by atoms with Crippen molar-refractivity contribution in [2.45, 2.75) is 66.7 Å². The number of hydrogen-bond acceptors (Lipinski definition) is 3. The molecule has 0 spiro atoms. The first-order chi connectivity index (χ1) is 9.43. The molecule has 2 atom stereocenters. The summed E-state index contributed by atoms with van der Waals surface area (Å²) in [5, 5.41) is 8.02. The van der Waals surface area contributed by atoms with Crippen molar-refractivity contribution in [3.05, 3.63) is 18.0 Å². The molecule has 1 rings (SSSR count). The van der Waals surface area contributed by atoms with Crippen LogP contribution in [0.15, 0.2) is 12.4 Å². The molecule has 1 aromatic rings. The molecule has 0 saturated carbocycles. The van der Waals surface area contributed by atoms with Gasteiger partial charge in [-0.25, -0.2) is 0 Å². The number of likely N-dealkylation sites (N-methyl/N-ethyl adjacent to an activating group) is 1. The molecule has 0 saturated heterocycles. The van der Waals surface area contributed by atoms with Crippen LogP contribution < -0.4 is 5.32 Å². The van der Waals surface area contributed by atoms with E-state index in [4.69, 9.17) is 4.74 Å². The first kappa shape index (κ1) is 17.2. The maximum Gasteiger partial charge on any atom is 0.0818 e. The van der Waals surface area contributed by atoms with E-state index >= 15 is 0 Å². The Bertz CT molecular complexity index is 381. The largest absolute Gasteiger partial charge is 0.376 e. The number of rotatable bonds is 8. The van der Waals surface area contributed by atoms with Crippen molar-refractivity contribution in [1.82, 2.24) is 15.1 Å². The first-order valence-electron chi connectivity index (χ1n) is 7.81. The molecule has 4 heteroatoms. The lowest BCUT2D eigenvalue weighted by molar-refractivity contribution is -0.0363. The Morgan fingerprint density at radius 3 is 2.50 bits per heavy atom. The summed E-state index contributed by atoms with van der Waals surface area (Å²) in [7, 11) is 0. The lowest BCUT2D eigenvalue weighted by atomic mass is 9.82. The molecule has 20 heavy (non-hydrogen) atoms. The van der Waals surface area contributed by atoms with E-state index in [1.54, 1.807) is 0 Å². The summed E-state index contributed by atoms with van der Waals surface area (Å²) in [4.78, 5) is 0. The SMILES string of the molecule is CCCn1cc(C(NCC)C(OCC)C(C)(C)C)cn1. The van der Waals surface area contributed by atoms with Gasteiger partial charge in [-0.05, 0) is 25.3 Å². The maximum absolute atomic E-state index is 6.05. The van der Waals surface area contributed by atoms with Gasteiger partial charge in [0.05, 0.1) is 18.3 Å². The van der Waals surface area contributed by atoms with Crippen molar-refractivity contribution in [3.63, 3.8) is 0 Å². The van der Waals surface area contributed by atoms with Crippen molar-refractivity contribution in [2.75, 3.05) is 13.2 Å². The van der Waals surface area contributed by atoms with Gasteiger partial charge in [0.25, 0.3) is 0 Å². The third-order valence-corrected chi connectivity index (χ3v) is 3.39. The molecule has 0 radical (unpaired) electrons. The molecule has 0 aliphatic carbocycles. The summed E-state index contributed by atoms with van der Waals surface area (Å²) in [6, 6.07) is 0.186. The second kappa shape index (κ2) is 7.79. The summed E-state index contributed by atoms with van der Waals surface area (Å²) in [5.74, 6) is 0. The Morgan fingerprint density at radius 2 is 2.00 bits per heavy atom. The quantitative estimate of drug-likeness (QED) is 0.794. The van der Waals surface area contributed by atoms with Crippen molar-refractivity contribution in [2.24, 2.45) is 5.41 Å². The van der Waals surface area contributed by atoms with Gasteiger partial charge in [-0.2, -0.15) is 5.10 Å².